The zero-order chi connectivity index (χ0) is 19.4. The van der Waals surface area contributed by atoms with E-state index in [1.165, 1.54) is 11.1 Å². The first-order valence-corrected chi connectivity index (χ1v) is 10.6. The number of piperidine rings is 1. The molecule has 1 aliphatic rings. The summed E-state index contributed by atoms with van der Waals surface area (Å²) in [5, 5.41) is 1.10. The van der Waals surface area contributed by atoms with Gasteiger partial charge in [0.05, 0.1) is 22.5 Å². The predicted molar refractivity (Wildman–Crippen MR) is 121 cm³/mol. The molecule has 1 unspecified atom stereocenters. The van der Waals surface area contributed by atoms with Crippen molar-refractivity contribution in [2.24, 2.45) is 0 Å². The molecule has 1 heterocycles. The Morgan fingerprint density at radius 3 is 2.21 bits per heavy atom. The van der Waals surface area contributed by atoms with Crippen LogP contribution in [0.1, 0.15) is 61.4 Å². The monoisotopic (exact) mass is 439 g/mol. The maximum atomic E-state index is 13.2. The van der Waals surface area contributed by atoms with E-state index in [9.17, 15) is 4.79 Å². The van der Waals surface area contributed by atoms with E-state index in [0.717, 1.165) is 49.8 Å². The predicted octanol–water partition coefficient (Wildman–Crippen LogP) is 6.84. The third kappa shape index (κ3) is 5.43. The van der Waals surface area contributed by atoms with Gasteiger partial charge in [-0.1, -0.05) is 61.3 Å². The van der Waals surface area contributed by atoms with Crippen LogP contribution in [-0.4, -0.2) is 17.4 Å². The largest absolute Gasteiger partial charge is 0.335 e. The Labute approximate surface area is 184 Å². The van der Waals surface area contributed by atoms with Gasteiger partial charge in [-0.25, -0.2) is 0 Å². The minimum atomic E-state index is 0. The van der Waals surface area contributed by atoms with E-state index in [-0.39, 0.29) is 24.4 Å². The van der Waals surface area contributed by atoms with E-state index in [1.807, 2.05) is 23.1 Å². The second kappa shape index (κ2) is 10.5. The summed E-state index contributed by atoms with van der Waals surface area (Å²) in [5.41, 5.74) is 4.80. The highest BCUT2D eigenvalue weighted by Gasteiger charge is 2.28. The number of benzene rings is 2. The van der Waals surface area contributed by atoms with Gasteiger partial charge in [-0.05, 0) is 66.5 Å². The molecule has 0 aromatic heterocycles. The van der Waals surface area contributed by atoms with Crippen molar-refractivity contribution >= 4 is 41.5 Å². The molecule has 1 aliphatic heterocycles. The fourth-order valence-electron chi connectivity index (χ4n) is 3.92. The zero-order valence-corrected chi connectivity index (χ0v) is 18.8. The zero-order valence-electron chi connectivity index (χ0n) is 16.5. The van der Waals surface area contributed by atoms with E-state index in [2.05, 4.69) is 32.0 Å². The smallest absolute Gasteiger partial charge is 0.227 e. The minimum absolute atomic E-state index is 0. The molecular weight excluding hydrogens is 413 g/mol. The number of halogens is 3. The maximum Gasteiger partial charge on any atom is 0.227 e. The Morgan fingerprint density at radius 2 is 1.61 bits per heavy atom. The molecule has 0 N–H and O–H groups in total. The summed E-state index contributed by atoms with van der Waals surface area (Å²) in [6.45, 7) is 5.12. The molecule has 0 spiro atoms. The fraction of sp³-hybridized carbons (Fsp3) is 0.435. The maximum absolute atomic E-state index is 13.2. The SMILES string of the molecule is CCc1cc(CC)cc(CC(=O)N2CCCCC2c2ccc(Cl)c(Cl)c2)c1.Cl. The Bertz CT molecular complexity index is 799. The number of hydrogen-bond donors (Lipinski definition) is 0. The lowest BCUT2D eigenvalue weighted by Gasteiger charge is -2.36. The van der Waals surface area contributed by atoms with Crippen molar-refractivity contribution in [1.29, 1.82) is 0 Å². The molecule has 1 saturated heterocycles. The van der Waals surface area contributed by atoms with Crippen LogP contribution >= 0.6 is 35.6 Å². The number of hydrogen-bond acceptors (Lipinski definition) is 1. The van der Waals surface area contributed by atoms with Gasteiger partial charge in [0.15, 0.2) is 0 Å². The Kier molecular flexibility index (Phi) is 8.67. The third-order valence-corrected chi connectivity index (χ3v) is 6.17. The van der Waals surface area contributed by atoms with Crippen LogP contribution in [0.4, 0.5) is 0 Å². The Hall–Kier alpha value is -1.22. The van der Waals surface area contributed by atoms with E-state index < -0.39 is 0 Å². The number of amides is 1. The van der Waals surface area contributed by atoms with Gasteiger partial charge < -0.3 is 4.90 Å². The van der Waals surface area contributed by atoms with Gasteiger partial charge in [0.25, 0.3) is 0 Å². The molecule has 152 valence electrons. The summed E-state index contributed by atoms with van der Waals surface area (Å²) in [6.07, 6.45) is 5.59. The number of carbonyl (C=O) groups excluding carboxylic acids is 1. The van der Waals surface area contributed by atoms with Gasteiger partial charge in [-0.2, -0.15) is 0 Å². The van der Waals surface area contributed by atoms with Crippen molar-refractivity contribution in [3.05, 3.63) is 68.7 Å². The van der Waals surface area contributed by atoms with E-state index in [1.54, 1.807) is 0 Å². The molecule has 2 nitrogen and oxygen atoms in total. The van der Waals surface area contributed by atoms with Crippen LogP contribution in [0.3, 0.4) is 0 Å². The molecule has 0 aliphatic carbocycles. The molecule has 3 rings (SSSR count). The molecule has 2 aromatic carbocycles. The second-order valence-corrected chi connectivity index (χ2v) is 8.13. The molecule has 0 saturated carbocycles. The van der Waals surface area contributed by atoms with Gasteiger partial charge in [-0.15, -0.1) is 12.4 Å². The molecule has 1 atom stereocenters. The number of nitrogens with zero attached hydrogens (tertiary/aromatic N) is 1. The average molecular weight is 441 g/mol. The molecular formula is C23H28Cl3NO. The summed E-state index contributed by atoms with van der Waals surface area (Å²) in [4.78, 5) is 15.2. The van der Waals surface area contributed by atoms with E-state index in [0.29, 0.717) is 16.5 Å². The summed E-state index contributed by atoms with van der Waals surface area (Å²) < 4.78 is 0. The highest BCUT2D eigenvalue weighted by atomic mass is 35.5. The van der Waals surface area contributed by atoms with Crippen molar-refractivity contribution in [1.82, 2.24) is 4.90 Å². The molecule has 2 aromatic rings. The topological polar surface area (TPSA) is 20.3 Å². The fourth-order valence-corrected chi connectivity index (χ4v) is 4.23. The van der Waals surface area contributed by atoms with Crippen LogP contribution in [-0.2, 0) is 24.1 Å². The molecule has 0 bridgehead atoms. The van der Waals surface area contributed by atoms with E-state index in [4.69, 9.17) is 23.2 Å². The highest BCUT2D eigenvalue weighted by molar-refractivity contribution is 6.42. The summed E-state index contributed by atoms with van der Waals surface area (Å²) in [6, 6.07) is 12.4. The quantitative estimate of drug-likeness (QED) is 0.498. The molecule has 0 radical (unpaired) electrons. The minimum Gasteiger partial charge on any atom is -0.335 e. The third-order valence-electron chi connectivity index (χ3n) is 5.44. The van der Waals surface area contributed by atoms with Crippen molar-refractivity contribution in [3.63, 3.8) is 0 Å². The summed E-state index contributed by atoms with van der Waals surface area (Å²) >= 11 is 12.3. The van der Waals surface area contributed by atoms with Crippen molar-refractivity contribution in [2.45, 2.75) is 58.4 Å². The first kappa shape index (κ1) is 23.1. The highest BCUT2D eigenvalue weighted by Crippen LogP contribution is 2.34. The summed E-state index contributed by atoms with van der Waals surface area (Å²) in [7, 11) is 0. The number of rotatable bonds is 5. The van der Waals surface area contributed by atoms with Gasteiger partial charge in [0, 0.05) is 6.54 Å². The lowest BCUT2D eigenvalue weighted by molar-refractivity contribution is -0.134. The van der Waals surface area contributed by atoms with Crippen molar-refractivity contribution < 1.29 is 4.79 Å². The lowest BCUT2D eigenvalue weighted by Crippen LogP contribution is -2.39. The van der Waals surface area contributed by atoms with Crippen LogP contribution in [0.15, 0.2) is 36.4 Å². The normalized spacial score (nSPS) is 16.6. The Balaban J connectivity index is 0.00000280. The molecule has 1 fully saturated rings. The van der Waals surface area contributed by atoms with Crippen LogP contribution in [0.2, 0.25) is 10.0 Å². The summed E-state index contributed by atoms with van der Waals surface area (Å²) in [5.74, 6) is 0.195. The lowest BCUT2D eigenvalue weighted by atomic mass is 9.94. The van der Waals surface area contributed by atoms with Crippen molar-refractivity contribution in [2.75, 3.05) is 6.54 Å². The van der Waals surface area contributed by atoms with Crippen molar-refractivity contribution in [3.8, 4) is 0 Å². The van der Waals surface area contributed by atoms with Gasteiger partial charge in [-0.3, -0.25) is 4.79 Å². The molecule has 5 heteroatoms. The first-order chi connectivity index (χ1) is 13.0. The number of carbonyl (C=O) groups is 1. The number of aryl methyl sites for hydroxylation is 2. The van der Waals surface area contributed by atoms with Crippen LogP contribution < -0.4 is 0 Å². The van der Waals surface area contributed by atoms with Gasteiger partial charge in [0.2, 0.25) is 5.91 Å². The number of likely N-dealkylation sites (tertiary alicyclic amines) is 1. The van der Waals surface area contributed by atoms with Crippen LogP contribution in [0.5, 0.6) is 0 Å². The Morgan fingerprint density at radius 1 is 0.964 bits per heavy atom. The van der Waals surface area contributed by atoms with Crippen LogP contribution in [0, 0.1) is 0 Å². The van der Waals surface area contributed by atoms with Crippen LogP contribution in [0.25, 0.3) is 0 Å². The van der Waals surface area contributed by atoms with E-state index >= 15 is 0 Å². The van der Waals surface area contributed by atoms with Gasteiger partial charge in [0.1, 0.15) is 0 Å². The first-order valence-electron chi connectivity index (χ1n) is 9.88. The second-order valence-electron chi connectivity index (χ2n) is 7.31. The molecule has 28 heavy (non-hydrogen) atoms. The standard InChI is InChI=1S/C23H27Cl2NO.ClH/c1-3-16-11-17(4-2)13-18(12-16)14-23(27)26-10-6-5-7-22(26)19-8-9-20(24)21(25)15-19;/h8-9,11-13,15,22H,3-7,10,14H2,1-2H3;1H. The van der Waals surface area contributed by atoms with Gasteiger partial charge >= 0.3 is 0 Å². The average Bonchev–Trinajstić information content (AvgIpc) is 2.69. The molecule has 1 amide bonds.